The summed E-state index contributed by atoms with van der Waals surface area (Å²) in [6.07, 6.45) is 0. The van der Waals surface area contributed by atoms with Crippen LogP contribution in [0.2, 0.25) is 0 Å². The van der Waals surface area contributed by atoms with Crippen molar-refractivity contribution in [2.75, 3.05) is 17.2 Å². The maximum atomic E-state index is 12.5. The zero-order valence-electron chi connectivity index (χ0n) is 17.1. The number of rotatable bonds is 7. The minimum absolute atomic E-state index is 0.0717. The van der Waals surface area contributed by atoms with Gasteiger partial charge in [0.05, 0.1) is 6.61 Å². The number of anilines is 2. The van der Waals surface area contributed by atoms with Gasteiger partial charge in [0.2, 0.25) is 5.91 Å². The molecule has 3 N–H and O–H groups in total. The van der Waals surface area contributed by atoms with Crippen LogP contribution in [0.25, 0.3) is 0 Å². The highest BCUT2D eigenvalue weighted by molar-refractivity contribution is 7.80. The summed E-state index contributed by atoms with van der Waals surface area (Å²) in [6, 6.07) is 14.1. The van der Waals surface area contributed by atoms with Crippen molar-refractivity contribution in [2.24, 2.45) is 11.8 Å². The van der Waals surface area contributed by atoms with Crippen molar-refractivity contribution < 1.29 is 14.3 Å². The zero-order chi connectivity index (χ0) is 21.4. The minimum atomic E-state index is -0.332. The number of ether oxygens (including phenoxy) is 1. The summed E-state index contributed by atoms with van der Waals surface area (Å²) in [7, 11) is 0. The normalized spacial score (nSPS) is 10.6. The van der Waals surface area contributed by atoms with Crippen LogP contribution >= 0.6 is 12.2 Å². The summed E-state index contributed by atoms with van der Waals surface area (Å²) in [5.41, 5.74) is 1.76. The van der Waals surface area contributed by atoms with E-state index >= 15 is 0 Å². The number of thiocarbonyl (C=S) groups is 1. The molecule has 0 saturated carbocycles. The molecule has 0 aliphatic carbocycles. The largest absolute Gasteiger partial charge is 0.493 e. The van der Waals surface area contributed by atoms with E-state index in [1.54, 1.807) is 42.5 Å². The highest BCUT2D eigenvalue weighted by Gasteiger charge is 2.11. The van der Waals surface area contributed by atoms with E-state index in [1.165, 1.54) is 0 Å². The maximum Gasteiger partial charge on any atom is 0.257 e. The van der Waals surface area contributed by atoms with Gasteiger partial charge < -0.3 is 15.4 Å². The highest BCUT2D eigenvalue weighted by atomic mass is 32.1. The first-order valence-corrected chi connectivity index (χ1v) is 9.91. The first-order valence-electron chi connectivity index (χ1n) is 9.50. The minimum Gasteiger partial charge on any atom is -0.493 e. The lowest BCUT2D eigenvalue weighted by atomic mass is 10.2. The van der Waals surface area contributed by atoms with Crippen molar-refractivity contribution in [2.45, 2.75) is 27.7 Å². The quantitative estimate of drug-likeness (QED) is 0.585. The Bertz CT molecular complexity index is 881. The molecule has 6 nitrogen and oxygen atoms in total. The second-order valence-electron chi connectivity index (χ2n) is 7.37. The topological polar surface area (TPSA) is 79.5 Å². The van der Waals surface area contributed by atoms with Crippen molar-refractivity contribution in [3.63, 3.8) is 0 Å². The lowest BCUT2D eigenvalue weighted by Gasteiger charge is -2.13. The molecule has 0 atom stereocenters. The van der Waals surface area contributed by atoms with Gasteiger partial charge in [-0.15, -0.1) is 0 Å². The molecule has 0 aliphatic rings. The molecule has 0 radical (unpaired) electrons. The Morgan fingerprint density at radius 2 is 1.62 bits per heavy atom. The fourth-order valence-electron chi connectivity index (χ4n) is 2.29. The second-order valence-corrected chi connectivity index (χ2v) is 7.77. The van der Waals surface area contributed by atoms with E-state index in [2.05, 4.69) is 29.8 Å². The molecule has 0 unspecified atom stereocenters. The number of hydrogen-bond donors (Lipinski definition) is 3. The average Bonchev–Trinajstić information content (AvgIpc) is 2.66. The number of nitrogens with one attached hydrogen (secondary N) is 3. The standard InChI is InChI=1S/C22H27N3O3S/c1-14(2)13-28-19-10-5-7-16(11-19)21(27)25-22(29)24-18-9-6-8-17(12-18)23-20(26)15(3)4/h5-12,14-15H,13H2,1-4H3,(H,23,26)(H2,24,25,27,29). The van der Waals surface area contributed by atoms with Crippen LogP contribution in [0.1, 0.15) is 38.1 Å². The first-order chi connectivity index (χ1) is 13.7. The van der Waals surface area contributed by atoms with E-state index in [0.29, 0.717) is 35.2 Å². The molecule has 0 spiro atoms. The van der Waals surface area contributed by atoms with Crippen molar-refractivity contribution >= 4 is 40.5 Å². The molecule has 0 fully saturated rings. The van der Waals surface area contributed by atoms with Gasteiger partial charge in [-0.05, 0) is 54.5 Å². The Morgan fingerprint density at radius 1 is 0.966 bits per heavy atom. The van der Waals surface area contributed by atoms with Crippen LogP contribution in [0.3, 0.4) is 0 Å². The van der Waals surface area contributed by atoms with Gasteiger partial charge >= 0.3 is 0 Å². The maximum absolute atomic E-state index is 12.5. The molecular weight excluding hydrogens is 386 g/mol. The van der Waals surface area contributed by atoms with Crippen LogP contribution in [0.15, 0.2) is 48.5 Å². The molecule has 29 heavy (non-hydrogen) atoms. The Labute approximate surface area is 177 Å². The fourth-order valence-corrected chi connectivity index (χ4v) is 2.50. The second kappa shape index (κ2) is 10.6. The summed E-state index contributed by atoms with van der Waals surface area (Å²) in [6.45, 7) is 8.35. The third-order valence-corrected chi connectivity index (χ3v) is 4.02. The molecular formula is C22H27N3O3S. The van der Waals surface area contributed by atoms with Crippen LogP contribution in [0, 0.1) is 11.8 Å². The molecule has 7 heteroatoms. The van der Waals surface area contributed by atoms with Gasteiger partial charge in [0.25, 0.3) is 5.91 Å². The molecule has 0 bridgehead atoms. The van der Waals surface area contributed by atoms with Gasteiger partial charge in [-0.25, -0.2) is 0 Å². The molecule has 0 aromatic heterocycles. The van der Waals surface area contributed by atoms with E-state index in [-0.39, 0.29) is 22.8 Å². The molecule has 0 aliphatic heterocycles. The molecule has 0 saturated heterocycles. The van der Waals surface area contributed by atoms with Gasteiger partial charge in [0.1, 0.15) is 5.75 Å². The predicted octanol–water partition coefficient (Wildman–Crippen LogP) is 4.44. The van der Waals surface area contributed by atoms with E-state index in [1.807, 2.05) is 19.9 Å². The van der Waals surface area contributed by atoms with E-state index in [0.717, 1.165) is 0 Å². The molecule has 2 rings (SSSR count). The zero-order valence-corrected chi connectivity index (χ0v) is 17.9. The van der Waals surface area contributed by atoms with Crippen LogP contribution < -0.4 is 20.7 Å². The summed E-state index contributed by atoms with van der Waals surface area (Å²) in [5.74, 6) is 0.510. The summed E-state index contributed by atoms with van der Waals surface area (Å²) in [4.78, 5) is 24.3. The highest BCUT2D eigenvalue weighted by Crippen LogP contribution is 2.17. The van der Waals surface area contributed by atoms with E-state index in [9.17, 15) is 9.59 Å². The fraction of sp³-hybridized carbons (Fsp3) is 0.318. The Morgan fingerprint density at radius 3 is 2.28 bits per heavy atom. The lowest BCUT2D eigenvalue weighted by Crippen LogP contribution is -2.34. The number of benzene rings is 2. The van der Waals surface area contributed by atoms with Crippen molar-refractivity contribution in [3.05, 3.63) is 54.1 Å². The van der Waals surface area contributed by atoms with Crippen molar-refractivity contribution in [3.8, 4) is 5.75 Å². The average molecular weight is 414 g/mol. The molecule has 2 aromatic rings. The SMILES string of the molecule is CC(C)COc1cccc(C(=O)NC(=S)Nc2cccc(NC(=O)C(C)C)c2)c1. The lowest BCUT2D eigenvalue weighted by molar-refractivity contribution is -0.118. The number of amides is 2. The Kier molecular flexibility index (Phi) is 8.15. The van der Waals surface area contributed by atoms with Gasteiger partial charge in [0, 0.05) is 22.9 Å². The van der Waals surface area contributed by atoms with Gasteiger partial charge in [-0.3, -0.25) is 14.9 Å². The van der Waals surface area contributed by atoms with Crippen LogP contribution in [-0.4, -0.2) is 23.5 Å². The van der Waals surface area contributed by atoms with E-state index in [4.69, 9.17) is 17.0 Å². The summed E-state index contributed by atoms with van der Waals surface area (Å²) in [5, 5.41) is 8.60. The molecule has 2 amide bonds. The van der Waals surface area contributed by atoms with Gasteiger partial charge in [-0.1, -0.05) is 39.8 Å². The first kappa shape index (κ1) is 22.4. The number of carbonyl (C=O) groups is 2. The van der Waals surface area contributed by atoms with Crippen LogP contribution in [-0.2, 0) is 4.79 Å². The third-order valence-electron chi connectivity index (χ3n) is 3.82. The van der Waals surface area contributed by atoms with Crippen LogP contribution in [0.4, 0.5) is 11.4 Å². The van der Waals surface area contributed by atoms with Gasteiger partial charge in [-0.2, -0.15) is 0 Å². The Balaban J connectivity index is 1.96. The van der Waals surface area contributed by atoms with E-state index < -0.39 is 0 Å². The summed E-state index contributed by atoms with van der Waals surface area (Å²) >= 11 is 5.24. The monoisotopic (exact) mass is 413 g/mol. The van der Waals surface area contributed by atoms with Crippen molar-refractivity contribution in [1.29, 1.82) is 0 Å². The number of hydrogen-bond acceptors (Lipinski definition) is 4. The molecule has 2 aromatic carbocycles. The molecule has 0 heterocycles. The van der Waals surface area contributed by atoms with Crippen LogP contribution in [0.5, 0.6) is 5.75 Å². The Hall–Kier alpha value is -2.93. The van der Waals surface area contributed by atoms with Gasteiger partial charge in [0.15, 0.2) is 5.11 Å². The summed E-state index contributed by atoms with van der Waals surface area (Å²) < 4.78 is 5.66. The number of carbonyl (C=O) groups excluding carboxylic acids is 2. The smallest absolute Gasteiger partial charge is 0.257 e. The predicted molar refractivity (Wildman–Crippen MR) is 120 cm³/mol. The third kappa shape index (κ3) is 7.54. The van der Waals surface area contributed by atoms with Crippen molar-refractivity contribution in [1.82, 2.24) is 5.32 Å². The molecule has 154 valence electrons.